The molecule has 2 heterocycles. The quantitative estimate of drug-likeness (QED) is 0.703. The number of hydrogen-bond acceptors (Lipinski definition) is 3. The molecule has 0 aliphatic rings. The number of hydrogen-bond donors (Lipinski definition) is 0. The van der Waals surface area contributed by atoms with Gasteiger partial charge in [0.1, 0.15) is 0 Å². The first kappa shape index (κ1) is 13.2. The van der Waals surface area contributed by atoms with E-state index in [4.69, 9.17) is 16.9 Å². The Labute approximate surface area is 126 Å². The average molecular weight is 302 g/mol. The first-order valence-electron chi connectivity index (χ1n) is 6.39. The Kier molecular flexibility index (Phi) is 3.47. The van der Waals surface area contributed by atoms with Gasteiger partial charge in [-0.3, -0.25) is 0 Å². The zero-order chi connectivity index (χ0) is 14.1. The van der Waals surface area contributed by atoms with E-state index in [9.17, 15) is 0 Å². The molecule has 3 rings (SSSR count). The molecule has 0 amide bonds. The number of imidazole rings is 1. The lowest BCUT2D eigenvalue weighted by Gasteiger charge is -2.05. The van der Waals surface area contributed by atoms with Crippen molar-refractivity contribution < 1.29 is 0 Å². The van der Waals surface area contributed by atoms with Crippen molar-refractivity contribution in [3.05, 3.63) is 40.2 Å². The van der Waals surface area contributed by atoms with Gasteiger partial charge in [0.05, 0.1) is 31.9 Å². The molecule has 20 heavy (non-hydrogen) atoms. The van der Waals surface area contributed by atoms with Crippen molar-refractivity contribution >= 4 is 34.0 Å². The van der Waals surface area contributed by atoms with Gasteiger partial charge < -0.3 is 4.57 Å². The minimum atomic E-state index is 0.634. The van der Waals surface area contributed by atoms with Crippen LogP contribution in [0.25, 0.3) is 21.7 Å². The molecule has 0 fully saturated rings. The molecule has 5 heteroatoms. The van der Waals surface area contributed by atoms with Gasteiger partial charge in [-0.25, -0.2) is 4.98 Å². The second kappa shape index (κ2) is 5.28. The lowest BCUT2D eigenvalue weighted by atomic mass is 10.2. The third kappa shape index (κ3) is 2.20. The van der Waals surface area contributed by atoms with Crippen LogP contribution in [-0.2, 0) is 6.54 Å². The summed E-state index contributed by atoms with van der Waals surface area (Å²) in [7, 11) is 0. The van der Waals surface area contributed by atoms with Gasteiger partial charge in [-0.05, 0) is 36.8 Å². The van der Waals surface area contributed by atoms with Crippen LogP contribution in [0.2, 0.25) is 4.34 Å². The molecule has 0 radical (unpaired) electrons. The lowest BCUT2D eigenvalue weighted by molar-refractivity contribution is 0.705. The minimum absolute atomic E-state index is 0.634. The molecule has 0 saturated carbocycles. The molecular weight excluding hydrogens is 290 g/mol. The van der Waals surface area contributed by atoms with Crippen molar-refractivity contribution in [1.29, 1.82) is 5.26 Å². The molecule has 0 bridgehead atoms. The average Bonchev–Trinajstić information content (AvgIpc) is 3.03. The van der Waals surface area contributed by atoms with E-state index in [1.807, 2.05) is 30.3 Å². The number of thiophene rings is 1. The van der Waals surface area contributed by atoms with Crippen LogP contribution >= 0.6 is 22.9 Å². The summed E-state index contributed by atoms with van der Waals surface area (Å²) in [6.45, 7) is 3.04. The van der Waals surface area contributed by atoms with Crippen molar-refractivity contribution in [1.82, 2.24) is 9.55 Å². The number of benzene rings is 1. The summed E-state index contributed by atoms with van der Waals surface area (Å²) in [5, 5.41) is 9.00. The van der Waals surface area contributed by atoms with Gasteiger partial charge in [0.2, 0.25) is 0 Å². The van der Waals surface area contributed by atoms with Gasteiger partial charge in [0, 0.05) is 6.54 Å². The van der Waals surface area contributed by atoms with Crippen LogP contribution in [0.5, 0.6) is 0 Å². The summed E-state index contributed by atoms with van der Waals surface area (Å²) in [5.41, 5.74) is 2.55. The Morgan fingerprint density at radius 2 is 2.20 bits per heavy atom. The maximum atomic E-state index is 9.00. The molecular formula is C15H12ClN3S. The van der Waals surface area contributed by atoms with Crippen LogP contribution in [0.4, 0.5) is 0 Å². The van der Waals surface area contributed by atoms with Gasteiger partial charge >= 0.3 is 0 Å². The molecule has 0 saturated heterocycles. The molecule has 0 atom stereocenters. The van der Waals surface area contributed by atoms with Crippen LogP contribution in [0.1, 0.15) is 18.9 Å². The summed E-state index contributed by atoms with van der Waals surface area (Å²) in [5.74, 6) is 0.925. The van der Waals surface area contributed by atoms with Crippen molar-refractivity contribution in [2.24, 2.45) is 0 Å². The molecule has 0 N–H and O–H groups in total. The maximum absolute atomic E-state index is 9.00. The molecule has 0 spiro atoms. The first-order valence-corrected chi connectivity index (χ1v) is 7.58. The van der Waals surface area contributed by atoms with Crippen LogP contribution in [0.15, 0.2) is 30.3 Å². The van der Waals surface area contributed by atoms with Gasteiger partial charge in [0.25, 0.3) is 0 Å². The summed E-state index contributed by atoms with van der Waals surface area (Å²) in [6, 6.07) is 11.7. The second-order valence-corrected chi connectivity index (χ2v) is 6.22. The predicted octanol–water partition coefficient (Wildman–Crippen LogP) is 4.70. The third-order valence-electron chi connectivity index (χ3n) is 3.12. The topological polar surface area (TPSA) is 41.6 Å². The highest BCUT2D eigenvalue weighted by molar-refractivity contribution is 7.19. The first-order chi connectivity index (χ1) is 9.72. The Balaban J connectivity index is 2.25. The fraction of sp³-hybridized carbons (Fsp3) is 0.200. The molecule has 100 valence electrons. The fourth-order valence-corrected chi connectivity index (χ4v) is 3.31. The summed E-state index contributed by atoms with van der Waals surface area (Å²) in [6.07, 6.45) is 1.03. The molecule has 1 aromatic carbocycles. The van der Waals surface area contributed by atoms with Gasteiger partial charge in [-0.1, -0.05) is 18.5 Å². The van der Waals surface area contributed by atoms with Crippen molar-refractivity contribution in [2.45, 2.75) is 19.9 Å². The van der Waals surface area contributed by atoms with E-state index >= 15 is 0 Å². The van der Waals surface area contributed by atoms with E-state index in [-0.39, 0.29) is 0 Å². The van der Waals surface area contributed by atoms with E-state index in [1.54, 1.807) is 0 Å². The number of nitriles is 1. The Hall–Kier alpha value is -1.83. The standard InChI is InChI=1S/C15H12ClN3S/c1-2-7-19-12-4-3-10(9-17)8-11(12)18-15(19)13-5-6-14(16)20-13/h3-6,8H,2,7H2,1H3. The van der Waals surface area contributed by atoms with E-state index in [0.29, 0.717) is 5.56 Å². The molecule has 0 aliphatic heterocycles. The molecule has 0 unspecified atom stereocenters. The van der Waals surface area contributed by atoms with E-state index < -0.39 is 0 Å². The van der Waals surface area contributed by atoms with Gasteiger partial charge in [0.15, 0.2) is 5.82 Å². The van der Waals surface area contributed by atoms with Crippen molar-refractivity contribution in [2.75, 3.05) is 0 Å². The smallest absolute Gasteiger partial charge is 0.151 e. The van der Waals surface area contributed by atoms with Gasteiger partial charge in [-0.15, -0.1) is 11.3 Å². The largest absolute Gasteiger partial charge is 0.323 e. The summed E-state index contributed by atoms with van der Waals surface area (Å²) >= 11 is 7.55. The normalized spacial score (nSPS) is 10.8. The van der Waals surface area contributed by atoms with E-state index in [2.05, 4.69) is 22.5 Å². The lowest BCUT2D eigenvalue weighted by Crippen LogP contribution is -1.98. The van der Waals surface area contributed by atoms with Crippen molar-refractivity contribution in [3.63, 3.8) is 0 Å². The number of fused-ring (bicyclic) bond motifs is 1. The maximum Gasteiger partial charge on any atom is 0.151 e. The molecule has 0 aliphatic carbocycles. The highest BCUT2D eigenvalue weighted by Crippen LogP contribution is 2.33. The molecule has 3 nitrogen and oxygen atoms in total. The van der Waals surface area contributed by atoms with Gasteiger partial charge in [-0.2, -0.15) is 5.26 Å². The highest BCUT2D eigenvalue weighted by Gasteiger charge is 2.14. The Morgan fingerprint density at radius 3 is 2.85 bits per heavy atom. The predicted molar refractivity (Wildman–Crippen MR) is 83.1 cm³/mol. The molecule has 3 aromatic rings. The Bertz CT molecular complexity index is 810. The number of nitrogens with zero attached hydrogens (tertiary/aromatic N) is 3. The second-order valence-electron chi connectivity index (χ2n) is 4.51. The fourth-order valence-electron chi connectivity index (χ4n) is 2.27. The monoisotopic (exact) mass is 301 g/mol. The van der Waals surface area contributed by atoms with E-state index in [0.717, 1.165) is 39.0 Å². The SMILES string of the molecule is CCCn1c(-c2ccc(Cl)s2)nc2cc(C#N)ccc21. The number of halogens is 1. The van der Waals surface area contributed by atoms with Crippen LogP contribution in [-0.4, -0.2) is 9.55 Å². The zero-order valence-corrected chi connectivity index (χ0v) is 12.5. The number of rotatable bonds is 3. The van der Waals surface area contributed by atoms with Crippen LogP contribution in [0, 0.1) is 11.3 Å². The molecule has 2 aromatic heterocycles. The van der Waals surface area contributed by atoms with E-state index in [1.165, 1.54) is 11.3 Å². The van der Waals surface area contributed by atoms with Crippen molar-refractivity contribution in [3.8, 4) is 16.8 Å². The minimum Gasteiger partial charge on any atom is -0.323 e. The highest BCUT2D eigenvalue weighted by atomic mass is 35.5. The Morgan fingerprint density at radius 1 is 1.35 bits per heavy atom. The summed E-state index contributed by atoms with van der Waals surface area (Å²) < 4.78 is 2.95. The van der Waals surface area contributed by atoms with Crippen LogP contribution in [0.3, 0.4) is 0 Å². The summed E-state index contributed by atoms with van der Waals surface area (Å²) in [4.78, 5) is 5.74. The van der Waals surface area contributed by atoms with Crippen LogP contribution < -0.4 is 0 Å². The zero-order valence-electron chi connectivity index (χ0n) is 10.9. The number of aryl methyl sites for hydroxylation is 1. The number of aromatic nitrogens is 2. The third-order valence-corrected chi connectivity index (χ3v) is 4.35.